The Kier molecular flexibility index (Phi) is 5.02. The topological polar surface area (TPSA) is 90.8 Å². The summed E-state index contributed by atoms with van der Waals surface area (Å²) in [6, 6.07) is 9.02. The molecule has 0 aliphatic heterocycles. The van der Waals surface area contributed by atoms with Crippen molar-refractivity contribution in [3.8, 4) is 6.07 Å². The zero-order chi connectivity index (χ0) is 16.9. The zero-order valence-electron chi connectivity index (χ0n) is 13.5. The van der Waals surface area contributed by atoms with Crippen molar-refractivity contribution in [3.05, 3.63) is 53.6 Å². The molecular weight excluding hydrogens is 292 g/mol. The number of imidazole rings is 1. The van der Waals surface area contributed by atoms with E-state index >= 15 is 0 Å². The average molecular weight is 312 g/mol. The summed E-state index contributed by atoms with van der Waals surface area (Å²) in [5.41, 5.74) is 0.942. The number of nitrogens with zero attached hydrogens (tertiary/aromatic N) is 2. The molecule has 2 rings (SSSR count). The molecule has 1 amide bonds. The quantitative estimate of drug-likeness (QED) is 0.907. The standard InChI is InChI=1S/C17H20N4O2/c1-17(2,3)23-16(22)21-14(15-19-7-8-20-15)10-12-5-4-6-13(9-12)11-18/h4-9,14H,10H2,1-3H3,(H,19,20)(H,21,22)/t14-/m0/s1. The summed E-state index contributed by atoms with van der Waals surface area (Å²) in [6.45, 7) is 5.43. The highest BCUT2D eigenvalue weighted by atomic mass is 16.6. The van der Waals surface area contributed by atoms with Gasteiger partial charge in [-0.1, -0.05) is 12.1 Å². The number of ether oxygens (including phenoxy) is 1. The van der Waals surface area contributed by atoms with E-state index in [1.807, 2.05) is 32.9 Å². The van der Waals surface area contributed by atoms with Crippen LogP contribution in [0.1, 0.15) is 43.8 Å². The number of aromatic amines is 1. The molecule has 0 spiro atoms. The first-order valence-corrected chi connectivity index (χ1v) is 7.35. The third-order valence-electron chi connectivity index (χ3n) is 3.04. The molecule has 0 saturated carbocycles. The van der Waals surface area contributed by atoms with Crippen molar-refractivity contribution in [1.82, 2.24) is 15.3 Å². The minimum atomic E-state index is -0.571. The van der Waals surface area contributed by atoms with E-state index in [9.17, 15) is 4.79 Å². The van der Waals surface area contributed by atoms with Crippen LogP contribution in [0.25, 0.3) is 0 Å². The van der Waals surface area contributed by atoms with Crippen molar-refractivity contribution in [2.45, 2.75) is 38.8 Å². The Morgan fingerprint density at radius 2 is 2.26 bits per heavy atom. The summed E-state index contributed by atoms with van der Waals surface area (Å²) in [7, 11) is 0. The van der Waals surface area contributed by atoms with Gasteiger partial charge in [-0.25, -0.2) is 9.78 Å². The lowest BCUT2D eigenvalue weighted by atomic mass is 10.0. The van der Waals surface area contributed by atoms with E-state index in [4.69, 9.17) is 10.00 Å². The Morgan fingerprint density at radius 3 is 2.87 bits per heavy atom. The maximum absolute atomic E-state index is 12.1. The van der Waals surface area contributed by atoms with Gasteiger partial charge < -0.3 is 15.0 Å². The van der Waals surface area contributed by atoms with Crippen molar-refractivity contribution < 1.29 is 9.53 Å². The highest BCUT2D eigenvalue weighted by Crippen LogP contribution is 2.17. The second kappa shape index (κ2) is 6.97. The van der Waals surface area contributed by atoms with E-state index in [0.29, 0.717) is 17.8 Å². The van der Waals surface area contributed by atoms with Crippen LogP contribution >= 0.6 is 0 Å². The number of benzene rings is 1. The number of nitriles is 1. The minimum absolute atomic E-state index is 0.367. The second-order valence-electron chi connectivity index (χ2n) is 6.19. The largest absolute Gasteiger partial charge is 0.444 e. The van der Waals surface area contributed by atoms with Crippen LogP contribution in [0, 0.1) is 11.3 Å². The highest BCUT2D eigenvalue weighted by Gasteiger charge is 2.22. The number of hydrogen-bond acceptors (Lipinski definition) is 4. The molecule has 1 atom stereocenters. The van der Waals surface area contributed by atoms with Crippen LogP contribution in [0.3, 0.4) is 0 Å². The van der Waals surface area contributed by atoms with Gasteiger partial charge in [-0.05, 0) is 38.5 Å². The van der Waals surface area contributed by atoms with Crippen LogP contribution in [-0.4, -0.2) is 21.7 Å². The molecule has 0 aliphatic carbocycles. The normalized spacial score (nSPS) is 12.3. The summed E-state index contributed by atoms with van der Waals surface area (Å²) in [5.74, 6) is 0.637. The van der Waals surface area contributed by atoms with Crippen molar-refractivity contribution >= 4 is 6.09 Å². The molecule has 0 bridgehead atoms. The second-order valence-corrected chi connectivity index (χ2v) is 6.19. The average Bonchev–Trinajstić information content (AvgIpc) is 2.99. The Hall–Kier alpha value is -2.81. The van der Waals surface area contributed by atoms with E-state index in [1.165, 1.54) is 0 Å². The fourth-order valence-corrected chi connectivity index (χ4v) is 2.14. The molecule has 0 radical (unpaired) electrons. The van der Waals surface area contributed by atoms with Crippen LogP contribution < -0.4 is 5.32 Å². The lowest BCUT2D eigenvalue weighted by molar-refractivity contribution is 0.0501. The maximum atomic E-state index is 12.1. The first-order valence-electron chi connectivity index (χ1n) is 7.35. The van der Waals surface area contributed by atoms with Gasteiger partial charge >= 0.3 is 6.09 Å². The van der Waals surface area contributed by atoms with Crippen LogP contribution in [0.5, 0.6) is 0 Å². The lowest BCUT2D eigenvalue weighted by Crippen LogP contribution is -2.36. The molecule has 1 heterocycles. The van der Waals surface area contributed by atoms with E-state index in [-0.39, 0.29) is 6.04 Å². The van der Waals surface area contributed by atoms with Gasteiger partial charge in [0.25, 0.3) is 0 Å². The number of alkyl carbamates (subject to hydrolysis) is 1. The van der Waals surface area contributed by atoms with E-state index in [1.54, 1.807) is 24.5 Å². The van der Waals surface area contributed by atoms with Crippen molar-refractivity contribution in [2.24, 2.45) is 0 Å². The molecule has 1 aromatic carbocycles. The van der Waals surface area contributed by atoms with Crippen LogP contribution in [-0.2, 0) is 11.2 Å². The zero-order valence-corrected chi connectivity index (χ0v) is 13.5. The molecule has 6 heteroatoms. The summed E-state index contributed by atoms with van der Waals surface area (Å²) < 4.78 is 5.30. The summed E-state index contributed by atoms with van der Waals surface area (Å²) in [5, 5.41) is 11.8. The third-order valence-corrected chi connectivity index (χ3v) is 3.04. The Morgan fingerprint density at radius 1 is 1.48 bits per heavy atom. The van der Waals surface area contributed by atoms with Crippen LogP contribution in [0.2, 0.25) is 0 Å². The molecule has 0 saturated heterocycles. The molecule has 2 aromatic rings. The van der Waals surface area contributed by atoms with Gasteiger partial charge in [0.05, 0.1) is 17.7 Å². The molecule has 0 unspecified atom stereocenters. The fraction of sp³-hybridized carbons (Fsp3) is 0.353. The Balaban J connectivity index is 2.15. The summed E-state index contributed by atoms with van der Waals surface area (Å²) in [6.07, 6.45) is 3.33. The van der Waals surface area contributed by atoms with Crippen LogP contribution in [0.4, 0.5) is 4.79 Å². The summed E-state index contributed by atoms with van der Waals surface area (Å²) >= 11 is 0. The predicted molar refractivity (Wildman–Crippen MR) is 85.6 cm³/mol. The number of carbonyl (C=O) groups excluding carboxylic acids is 1. The van der Waals surface area contributed by atoms with Gasteiger partial charge in [0.2, 0.25) is 0 Å². The third kappa shape index (κ3) is 5.15. The minimum Gasteiger partial charge on any atom is -0.444 e. The highest BCUT2D eigenvalue weighted by molar-refractivity contribution is 5.68. The SMILES string of the molecule is CC(C)(C)OC(=O)N[C@@H](Cc1cccc(C#N)c1)c1ncc[nH]1. The molecule has 6 nitrogen and oxygen atoms in total. The number of amides is 1. The molecule has 23 heavy (non-hydrogen) atoms. The van der Waals surface area contributed by atoms with Gasteiger partial charge in [0, 0.05) is 18.8 Å². The number of H-pyrrole nitrogens is 1. The molecule has 120 valence electrons. The van der Waals surface area contributed by atoms with Crippen LogP contribution in [0.15, 0.2) is 36.7 Å². The number of nitrogens with one attached hydrogen (secondary N) is 2. The summed E-state index contributed by atoms with van der Waals surface area (Å²) in [4.78, 5) is 19.3. The van der Waals surface area contributed by atoms with Gasteiger partial charge in [0.1, 0.15) is 11.4 Å². The van der Waals surface area contributed by atoms with Gasteiger partial charge in [-0.15, -0.1) is 0 Å². The molecule has 0 fully saturated rings. The molecule has 0 aliphatic rings. The van der Waals surface area contributed by atoms with E-state index in [2.05, 4.69) is 21.4 Å². The Labute approximate surface area is 135 Å². The number of carbonyl (C=O) groups is 1. The van der Waals surface area contributed by atoms with E-state index < -0.39 is 11.7 Å². The van der Waals surface area contributed by atoms with Gasteiger partial charge in [-0.3, -0.25) is 0 Å². The van der Waals surface area contributed by atoms with Gasteiger partial charge in [0.15, 0.2) is 0 Å². The Bertz CT molecular complexity index is 696. The van der Waals surface area contributed by atoms with Gasteiger partial charge in [-0.2, -0.15) is 5.26 Å². The lowest BCUT2D eigenvalue weighted by Gasteiger charge is -2.23. The number of rotatable bonds is 4. The molecule has 2 N–H and O–H groups in total. The molecular formula is C17H20N4O2. The number of aromatic nitrogens is 2. The van der Waals surface area contributed by atoms with Crippen molar-refractivity contribution in [2.75, 3.05) is 0 Å². The smallest absolute Gasteiger partial charge is 0.408 e. The maximum Gasteiger partial charge on any atom is 0.408 e. The first-order chi connectivity index (χ1) is 10.9. The van der Waals surface area contributed by atoms with E-state index in [0.717, 1.165) is 5.56 Å². The monoisotopic (exact) mass is 312 g/mol. The number of hydrogen-bond donors (Lipinski definition) is 2. The molecule has 1 aromatic heterocycles. The van der Waals surface area contributed by atoms with Crippen molar-refractivity contribution in [1.29, 1.82) is 5.26 Å². The first kappa shape index (κ1) is 16.6. The predicted octanol–water partition coefficient (Wildman–Crippen LogP) is 3.09. The van der Waals surface area contributed by atoms with Crippen molar-refractivity contribution in [3.63, 3.8) is 0 Å². The fourth-order valence-electron chi connectivity index (χ4n) is 2.14.